The summed E-state index contributed by atoms with van der Waals surface area (Å²) in [4.78, 5) is 20.5. The maximum atomic E-state index is 12.3. The molecule has 1 aromatic rings. The van der Waals surface area contributed by atoms with Crippen molar-refractivity contribution in [1.29, 1.82) is 0 Å². The van der Waals surface area contributed by atoms with E-state index in [0.717, 1.165) is 37.7 Å². The molecular formula is C16H21ClN4O. The summed E-state index contributed by atoms with van der Waals surface area (Å²) in [5.41, 5.74) is 2.26. The number of halogens is 1. The van der Waals surface area contributed by atoms with Gasteiger partial charge in [-0.2, -0.15) is 0 Å². The smallest absolute Gasteiger partial charge is 0.247 e. The van der Waals surface area contributed by atoms with Crippen LogP contribution in [0.3, 0.4) is 0 Å². The Labute approximate surface area is 135 Å². The van der Waals surface area contributed by atoms with Gasteiger partial charge in [-0.25, -0.2) is 4.98 Å². The molecule has 2 aliphatic rings. The number of anilines is 1. The van der Waals surface area contributed by atoms with E-state index in [1.54, 1.807) is 6.20 Å². The molecule has 1 saturated carbocycles. The molecule has 0 bridgehead atoms. The topological polar surface area (TPSA) is 66.9 Å². The second-order valence-electron chi connectivity index (χ2n) is 6.18. The number of carbonyl (C=O) groups is 1. The molecule has 0 aliphatic heterocycles. The predicted molar refractivity (Wildman–Crippen MR) is 86.8 cm³/mol. The number of rotatable bonds is 4. The highest BCUT2D eigenvalue weighted by atomic mass is 35.5. The number of nitrogens with one attached hydrogen (secondary N) is 2. The zero-order valence-corrected chi connectivity index (χ0v) is 13.5. The second-order valence-corrected chi connectivity index (χ2v) is 6.56. The van der Waals surface area contributed by atoms with Gasteiger partial charge in [0.1, 0.15) is 11.0 Å². The van der Waals surface area contributed by atoms with E-state index >= 15 is 0 Å². The minimum atomic E-state index is 0.128. The fourth-order valence-corrected chi connectivity index (χ4v) is 3.26. The van der Waals surface area contributed by atoms with Crippen LogP contribution in [0.4, 0.5) is 5.82 Å². The fraction of sp³-hybridized carbons (Fsp3) is 0.562. The van der Waals surface area contributed by atoms with Crippen molar-refractivity contribution in [1.82, 2.24) is 15.3 Å². The SMILES string of the molecule is CC1=C(C(=O)NC2CC(Nc3cncc(Cl)n3)C2)CCCC1. The lowest BCUT2D eigenvalue weighted by Crippen LogP contribution is -2.50. The van der Waals surface area contributed by atoms with Crippen molar-refractivity contribution in [2.75, 3.05) is 5.32 Å². The largest absolute Gasteiger partial charge is 0.366 e. The van der Waals surface area contributed by atoms with E-state index in [1.165, 1.54) is 18.2 Å². The Balaban J connectivity index is 1.46. The van der Waals surface area contributed by atoms with Crippen molar-refractivity contribution < 1.29 is 4.79 Å². The van der Waals surface area contributed by atoms with Crippen molar-refractivity contribution in [3.05, 3.63) is 28.7 Å². The van der Waals surface area contributed by atoms with Crippen molar-refractivity contribution >= 4 is 23.3 Å². The molecule has 3 rings (SSSR count). The molecule has 0 unspecified atom stereocenters. The van der Waals surface area contributed by atoms with E-state index in [9.17, 15) is 4.79 Å². The highest BCUT2D eigenvalue weighted by Gasteiger charge is 2.31. The van der Waals surface area contributed by atoms with Gasteiger partial charge in [-0.3, -0.25) is 9.78 Å². The minimum Gasteiger partial charge on any atom is -0.366 e. The lowest BCUT2D eigenvalue weighted by atomic mass is 9.85. The molecule has 1 fully saturated rings. The van der Waals surface area contributed by atoms with E-state index < -0.39 is 0 Å². The Morgan fingerprint density at radius 1 is 1.23 bits per heavy atom. The van der Waals surface area contributed by atoms with Crippen molar-refractivity contribution in [2.45, 2.75) is 57.5 Å². The summed E-state index contributed by atoms with van der Waals surface area (Å²) in [6.45, 7) is 2.08. The van der Waals surface area contributed by atoms with Crippen LogP contribution in [-0.4, -0.2) is 28.0 Å². The zero-order chi connectivity index (χ0) is 15.5. The van der Waals surface area contributed by atoms with Crippen LogP contribution < -0.4 is 10.6 Å². The van der Waals surface area contributed by atoms with Gasteiger partial charge in [0.2, 0.25) is 5.91 Å². The van der Waals surface area contributed by atoms with E-state index in [1.807, 2.05) is 0 Å². The predicted octanol–water partition coefficient (Wildman–Crippen LogP) is 3.08. The lowest BCUT2D eigenvalue weighted by molar-refractivity contribution is -0.119. The summed E-state index contributed by atoms with van der Waals surface area (Å²) in [6.07, 6.45) is 9.31. The van der Waals surface area contributed by atoms with Crippen molar-refractivity contribution in [2.24, 2.45) is 0 Å². The van der Waals surface area contributed by atoms with Gasteiger partial charge in [-0.05, 0) is 45.4 Å². The first-order valence-electron chi connectivity index (χ1n) is 7.85. The number of hydrogen-bond donors (Lipinski definition) is 2. The van der Waals surface area contributed by atoms with Crippen molar-refractivity contribution in [3.63, 3.8) is 0 Å². The molecule has 0 spiro atoms. The number of carbonyl (C=O) groups excluding carboxylic acids is 1. The molecule has 2 aliphatic carbocycles. The van der Waals surface area contributed by atoms with Crippen LogP contribution in [0.1, 0.15) is 45.4 Å². The molecule has 6 heteroatoms. The van der Waals surface area contributed by atoms with Crippen LogP contribution in [0.15, 0.2) is 23.5 Å². The van der Waals surface area contributed by atoms with Gasteiger partial charge >= 0.3 is 0 Å². The van der Waals surface area contributed by atoms with Gasteiger partial charge in [0.25, 0.3) is 0 Å². The third-order valence-corrected chi connectivity index (χ3v) is 4.63. The van der Waals surface area contributed by atoms with Crippen LogP contribution in [-0.2, 0) is 4.79 Å². The molecule has 118 valence electrons. The Hall–Kier alpha value is -1.62. The maximum Gasteiger partial charge on any atom is 0.247 e. The summed E-state index contributed by atoms with van der Waals surface area (Å²) < 4.78 is 0. The van der Waals surface area contributed by atoms with Gasteiger partial charge in [0, 0.05) is 17.7 Å². The van der Waals surface area contributed by atoms with Crippen LogP contribution in [0.25, 0.3) is 0 Å². The molecule has 0 aromatic carbocycles. The Kier molecular flexibility index (Phi) is 4.62. The first kappa shape index (κ1) is 15.3. The number of allylic oxidation sites excluding steroid dienone is 1. The van der Waals surface area contributed by atoms with Crippen LogP contribution in [0.2, 0.25) is 5.15 Å². The van der Waals surface area contributed by atoms with Gasteiger partial charge in [0.15, 0.2) is 0 Å². The third kappa shape index (κ3) is 3.58. The lowest BCUT2D eigenvalue weighted by Gasteiger charge is -2.37. The Bertz CT molecular complexity index is 596. The van der Waals surface area contributed by atoms with E-state index in [4.69, 9.17) is 11.6 Å². The molecule has 0 radical (unpaired) electrons. The van der Waals surface area contributed by atoms with E-state index in [2.05, 4.69) is 27.5 Å². The average Bonchev–Trinajstić information content (AvgIpc) is 2.45. The summed E-state index contributed by atoms with van der Waals surface area (Å²) in [5, 5.41) is 6.82. The number of hydrogen-bond acceptors (Lipinski definition) is 4. The quantitative estimate of drug-likeness (QED) is 0.894. The highest BCUT2D eigenvalue weighted by molar-refractivity contribution is 6.29. The molecule has 2 N–H and O–H groups in total. The molecule has 1 amide bonds. The molecule has 0 atom stereocenters. The van der Waals surface area contributed by atoms with Gasteiger partial charge in [-0.15, -0.1) is 0 Å². The van der Waals surface area contributed by atoms with Gasteiger partial charge in [0.05, 0.1) is 12.4 Å². The minimum absolute atomic E-state index is 0.128. The van der Waals surface area contributed by atoms with Crippen LogP contribution in [0, 0.1) is 0 Å². The first-order chi connectivity index (χ1) is 10.6. The average molecular weight is 321 g/mol. The molecular weight excluding hydrogens is 300 g/mol. The van der Waals surface area contributed by atoms with Crippen molar-refractivity contribution in [3.8, 4) is 0 Å². The number of aromatic nitrogens is 2. The third-order valence-electron chi connectivity index (χ3n) is 4.45. The van der Waals surface area contributed by atoms with Crippen LogP contribution in [0.5, 0.6) is 0 Å². The van der Waals surface area contributed by atoms with E-state index in [0.29, 0.717) is 17.0 Å². The van der Waals surface area contributed by atoms with Gasteiger partial charge in [-0.1, -0.05) is 17.2 Å². The van der Waals surface area contributed by atoms with Gasteiger partial charge < -0.3 is 10.6 Å². The summed E-state index contributed by atoms with van der Waals surface area (Å²) in [6, 6.07) is 0.568. The van der Waals surface area contributed by atoms with Crippen LogP contribution >= 0.6 is 11.6 Å². The summed E-state index contributed by atoms with van der Waals surface area (Å²) in [7, 11) is 0. The van der Waals surface area contributed by atoms with E-state index in [-0.39, 0.29) is 11.9 Å². The number of amides is 1. The molecule has 1 aromatic heterocycles. The number of nitrogens with zero attached hydrogens (tertiary/aromatic N) is 2. The monoisotopic (exact) mass is 320 g/mol. The normalized spacial score (nSPS) is 24.6. The molecule has 22 heavy (non-hydrogen) atoms. The summed E-state index contributed by atoms with van der Waals surface area (Å²) in [5.74, 6) is 0.816. The molecule has 1 heterocycles. The highest BCUT2D eigenvalue weighted by Crippen LogP contribution is 2.27. The maximum absolute atomic E-state index is 12.3. The second kappa shape index (κ2) is 6.65. The fourth-order valence-electron chi connectivity index (χ4n) is 3.11. The molecule has 5 nitrogen and oxygen atoms in total. The zero-order valence-electron chi connectivity index (χ0n) is 12.7. The standard InChI is InChI=1S/C16H21ClN4O/c1-10-4-2-3-5-13(10)16(22)20-12-6-11(7-12)19-15-9-18-8-14(17)21-15/h8-9,11-12H,2-7H2,1H3,(H,19,21)(H,20,22). The Morgan fingerprint density at radius 3 is 2.73 bits per heavy atom. The first-order valence-corrected chi connectivity index (χ1v) is 8.23. The Morgan fingerprint density at radius 2 is 2.00 bits per heavy atom. The summed E-state index contributed by atoms with van der Waals surface area (Å²) >= 11 is 5.81. The molecule has 0 saturated heterocycles.